The zero-order valence-corrected chi connectivity index (χ0v) is 10.0. The Balaban J connectivity index is 2.24. The Labute approximate surface area is 101 Å². The number of benzene rings is 1. The molecule has 1 aromatic carbocycles. The maximum absolute atomic E-state index is 13.3. The molecule has 0 saturated carbocycles. The topological polar surface area (TPSA) is 15.3 Å². The molecule has 1 aliphatic rings. The summed E-state index contributed by atoms with van der Waals surface area (Å²) in [5.74, 6) is -0.292. The third-order valence-corrected chi connectivity index (χ3v) is 3.34. The van der Waals surface area contributed by atoms with E-state index in [-0.39, 0.29) is 11.9 Å². The monoisotopic (exact) mass is 240 g/mol. The average molecular weight is 240 g/mol. The molecule has 94 valence electrons. The number of nitrogens with one attached hydrogen (secondary N) is 1. The van der Waals surface area contributed by atoms with Gasteiger partial charge in [0.15, 0.2) is 0 Å². The fourth-order valence-corrected chi connectivity index (χ4v) is 2.34. The average Bonchev–Trinajstić information content (AvgIpc) is 2.36. The van der Waals surface area contributed by atoms with Gasteiger partial charge < -0.3 is 5.32 Å². The molecule has 0 amide bonds. The van der Waals surface area contributed by atoms with E-state index in [1.54, 1.807) is 6.07 Å². The molecule has 0 aromatic heterocycles. The van der Waals surface area contributed by atoms with Gasteiger partial charge in [-0.05, 0) is 30.2 Å². The fourth-order valence-electron chi connectivity index (χ4n) is 2.34. The first-order valence-electron chi connectivity index (χ1n) is 5.99. The maximum Gasteiger partial charge on any atom is 0.123 e. The second-order valence-corrected chi connectivity index (χ2v) is 4.46. The lowest BCUT2D eigenvalue weighted by Gasteiger charge is -2.34. The molecule has 0 radical (unpaired) electrons. The van der Waals surface area contributed by atoms with Crippen LogP contribution < -0.4 is 5.32 Å². The lowest BCUT2D eigenvalue weighted by molar-refractivity contribution is 0.147. The van der Waals surface area contributed by atoms with Crippen LogP contribution in [0.3, 0.4) is 0 Å². The van der Waals surface area contributed by atoms with Gasteiger partial charge in [0, 0.05) is 26.2 Å². The van der Waals surface area contributed by atoms with Crippen molar-refractivity contribution in [2.75, 3.05) is 32.9 Å². The minimum atomic E-state index is -0.468. The number of halogens is 2. The van der Waals surface area contributed by atoms with E-state index in [4.69, 9.17) is 0 Å². The highest BCUT2D eigenvalue weighted by Gasteiger charge is 2.23. The SMILES string of the molecule is Cc1ccc(F)cc1[C@@H](CF)N1CCNCC1. The van der Waals surface area contributed by atoms with E-state index >= 15 is 0 Å². The van der Waals surface area contributed by atoms with Gasteiger partial charge in [0.05, 0.1) is 6.04 Å². The number of piperazine rings is 1. The Bertz CT molecular complexity index is 376. The largest absolute Gasteiger partial charge is 0.314 e. The lowest BCUT2D eigenvalue weighted by atomic mass is 10.00. The summed E-state index contributed by atoms with van der Waals surface area (Å²) in [5.41, 5.74) is 1.72. The van der Waals surface area contributed by atoms with Gasteiger partial charge in [-0.1, -0.05) is 6.07 Å². The Morgan fingerprint density at radius 2 is 2.06 bits per heavy atom. The van der Waals surface area contributed by atoms with Gasteiger partial charge in [0.1, 0.15) is 12.5 Å². The molecule has 1 aromatic rings. The van der Waals surface area contributed by atoms with Gasteiger partial charge >= 0.3 is 0 Å². The van der Waals surface area contributed by atoms with E-state index in [2.05, 4.69) is 10.2 Å². The molecule has 1 heterocycles. The van der Waals surface area contributed by atoms with Crippen LogP contribution in [0.2, 0.25) is 0 Å². The molecule has 1 atom stereocenters. The second-order valence-electron chi connectivity index (χ2n) is 4.46. The van der Waals surface area contributed by atoms with Crippen molar-refractivity contribution in [3.63, 3.8) is 0 Å². The first-order valence-corrected chi connectivity index (χ1v) is 5.99. The standard InChI is InChI=1S/C13H18F2N2/c1-10-2-3-11(15)8-12(10)13(9-14)17-6-4-16-5-7-17/h2-3,8,13,16H,4-7,9H2,1H3/t13-/m1/s1. The van der Waals surface area contributed by atoms with Gasteiger partial charge in [-0.25, -0.2) is 8.78 Å². The molecule has 1 N–H and O–H groups in total. The van der Waals surface area contributed by atoms with Crippen molar-refractivity contribution in [2.45, 2.75) is 13.0 Å². The Kier molecular flexibility index (Phi) is 4.07. The molecular weight excluding hydrogens is 222 g/mol. The van der Waals surface area contributed by atoms with Crippen molar-refractivity contribution in [1.82, 2.24) is 10.2 Å². The molecule has 4 heteroatoms. The number of rotatable bonds is 3. The number of alkyl halides is 1. The summed E-state index contributed by atoms with van der Waals surface area (Å²) in [7, 11) is 0. The van der Waals surface area contributed by atoms with E-state index in [0.29, 0.717) is 0 Å². The minimum Gasteiger partial charge on any atom is -0.314 e. The highest BCUT2D eigenvalue weighted by atomic mass is 19.1. The Morgan fingerprint density at radius 3 is 2.71 bits per heavy atom. The summed E-state index contributed by atoms with van der Waals surface area (Å²) >= 11 is 0. The highest BCUT2D eigenvalue weighted by Crippen LogP contribution is 2.25. The summed E-state index contributed by atoms with van der Waals surface area (Å²) in [6.07, 6.45) is 0. The van der Waals surface area contributed by atoms with Gasteiger partial charge in [-0.3, -0.25) is 4.90 Å². The molecule has 0 bridgehead atoms. The fraction of sp³-hybridized carbons (Fsp3) is 0.538. The normalized spacial score (nSPS) is 19.2. The summed E-state index contributed by atoms with van der Waals surface area (Å²) in [6, 6.07) is 4.29. The van der Waals surface area contributed by atoms with Crippen LogP contribution in [-0.4, -0.2) is 37.8 Å². The zero-order valence-electron chi connectivity index (χ0n) is 10.0. The quantitative estimate of drug-likeness (QED) is 0.870. The first-order chi connectivity index (χ1) is 8.22. The maximum atomic E-state index is 13.3. The summed E-state index contributed by atoms with van der Waals surface area (Å²) in [6.45, 7) is 4.79. The van der Waals surface area contributed by atoms with Gasteiger partial charge in [0.25, 0.3) is 0 Å². The van der Waals surface area contributed by atoms with Crippen LogP contribution in [0.25, 0.3) is 0 Å². The van der Waals surface area contributed by atoms with Crippen molar-refractivity contribution in [3.05, 3.63) is 35.1 Å². The van der Waals surface area contributed by atoms with Crippen LogP contribution in [-0.2, 0) is 0 Å². The molecule has 0 spiro atoms. The zero-order chi connectivity index (χ0) is 12.3. The number of hydrogen-bond acceptors (Lipinski definition) is 2. The predicted octanol–water partition coefficient (Wildman–Crippen LogP) is 2.05. The lowest BCUT2D eigenvalue weighted by Crippen LogP contribution is -2.45. The third-order valence-electron chi connectivity index (χ3n) is 3.34. The summed E-state index contributed by atoms with van der Waals surface area (Å²) in [4.78, 5) is 2.08. The first kappa shape index (κ1) is 12.5. The Morgan fingerprint density at radius 1 is 1.35 bits per heavy atom. The van der Waals surface area contributed by atoms with Gasteiger partial charge in [0.2, 0.25) is 0 Å². The van der Waals surface area contributed by atoms with Crippen molar-refractivity contribution in [2.24, 2.45) is 0 Å². The molecule has 0 unspecified atom stereocenters. The second kappa shape index (κ2) is 5.56. The smallest absolute Gasteiger partial charge is 0.123 e. The molecule has 1 aliphatic heterocycles. The minimum absolute atomic E-state index is 0.292. The summed E-state index contributed by atoms with van der Waals surface area (Å²) in [5, 5.41) is 3.23. The number of nitrogens with zero attached hydrogens (tertiary/aromatic N) is 1. The van der Waals surface area contributed by atoms with Crippen molar-refractivity contribution in [3.8, 4) is 0 Å². The van der Waals surface area contributed by atoms with Gasteiger partial charge in [-0.15, -0.1) is 0 Å². The molecule has 2 nitrogen and oxygen atoms in total. The molecule has 0 aliphatic carbocycles. The Hall–Kier alpha value is -1.00. The van der Waals surface area contributed by atoms with Crippen LogP contribution in [0.5, 0.6) is 0 Å². The highest BCUT2D eigenvalue weighted by molar-refractivity contribution is 5.30. The number of hydrogen-bond donors (Lipinski definition) is 1. The van der Waals surface area contributed by atoms with E-state index in [1.807, 2.05) is 6.92 Å². The third kappa shape index (κ3) is 2.82. The number of aryl methyl sites for hydroxylation is 1. The van der Waals surface area contributed by atoms with Crippen LogP contribution in [0.4, 0.5) is 8.78 Å². The van der Waals surface area contributed by atoms with Crippen LogP contribution >= 0.6 is 0 Å². The van der Waals surface area contributed by atoms with Crippen molar-refractivity contribution in [1.29, 1.82) is 0 Å². The van der Waals surface area contributed by atoms with Crippen molar-refractivity contribution >= 4 is 0 Å². The van der Waals surface area contributed by atoms with E-state index < -0.39 is 6.67 Å². The van der Waals surface area contributed by atoms with E-state index in [1.165, 1.54) is 12.1 Å². The van der Waals surface area contributed by atoms with E-state index in [9.17, 15) is 8.78 Å². The molecule has 17 heavy (non-hydrogen) atoms. The molecule has 2 rings (SSSR count). The van der Waals surface area contributed by atoms with Crippen LogP contribution in [0, 0.1) is 12.7 Å². The van der Waals surface area contributed by atoms with Gasteiger partial charge in [-0.2, -0.15) is 0 Å². The molecular formula is C13H18F2N2. The van der Waals surface area contributed by atoms with Crippen molar-refractivity contribution < 1.29 is 8.78 Å². The van der Waals surface area contributed by atoms with Crippen LogP contribution in [0.15, 0.2) is 18.2 Å². The molecule has 1 saturated heterocycles. The van der Waals surface area contributed by atoms with Crippen LogP contribution in [0.1, 0.15) is 17.2 Å². The predicted molar refractivity (Wildman–Crippen MR) is 64.3 cm³/mol. The molecule has 1 fully saturated rings. The summed E-state index contributed by atoms with van der Waals surface area (Å²) < 4.78 is 26.5. The van der Waals surface area contributed by atoms with E-state index in [0.717, 1.165) is 37.3 Å².